The van der Waals surface area contributed by atoms with E-state index >= 15 is 0 Å². The maximum atomic E-state index is 12.8. The van der Waals surface area contributed by atoms with Gasteiger partial charge in [-0.25, -0.2) is 0 Å². The Morgan fingerprint density at radius 2 is 2.13 bits per heavy atom. The topological polar surface area (TPSA) is 75.7 Å². The molecular formula is C16H20N2O4S. The molecule has 0 aliphatic carbocycles. The van der Waals surface area contributed by atoms with Crippen LogP contribution < -0.4 is 5.32 Å². The van der Waals surface area contributed by atoms with Crippen molar-refractivity contribution in [2.75, 3.05) is 13.7 Å². The van der Waals surface area contributed by atoms with E-state index in [9.17, 15) is 14.4 Å². The normalized spacial score (nSPS) is 33.2. The molecule has 3 rings (SSSR count). The number of thiophene rings is 1. The van der Waals surface area contributed by atoms with E-state index in [0.717, 1.165) is 4.88 Å². The summed E-state index contributed by atoms with van der Waals surface area (Å²) < 4.78 is 4.97. The first-order valence-corrected chi connectivity index (χ1v) is 8.64. The summed E-state index contributed by atoms with van der Waals surface area (Å²) in [5.74, 6) is -2.22. The highest BCUT2D eigenvalue weighted by molar-refractivity contribution is 7.10. The number of esters is 1. The Morgan fingerprint density at radius 1 is 1.39 bits per heavy atom. The zero-order valence-corrected chi connectivity index (χ0v) is 14.2. The van der Waals surface area contributed by atoms with Gasteiger partial charge in [0.05, 0.1) is 25.0 Å². The SMILES string of the molecule is CCN1C(=O)[C@@H]2[C@H](c3cccs3)N[C@@](CC)(C(=O)OC)[C@H]2C1=O. The minimum Gasteiger partial charge on any atom is -0.468 e. The van der Waals surface area contributed by atoms with Crippen LogP contribution in [0.15, 0.2) is 17.5 Å². The molecule has 7 heteroatoms. The van der Waals surface area contributed by atoms with Crippen molar-refractivity contribution in [3.05, 3.63) is 22.4 Å². The lowest BCUT2D eigenvalue weighted by atomic mass is 9.78. The number of amides is 2. The van der Waals surface area contributed by atoms with E-state index in [0.29, 0.717) is 13.0 Å². The molecule has 124 valence electrons. The summed E-state index contributed by atoms with van der Waals surface area (Å²) in [6.07, 6.45) is 0.388. The van der Waals surface area contributed by atoms with Gasteiger partial charge in [0, 0.05) is 11.4 Å². The van der Waals surface area contributed by atoms with Crippen molar-refractivity contribution in [1.29, 1.82) is 0 Å². The maximum Gasteiger partial charge on any atom is 0.326 e. The van der Waals surface area contributed by atoms with E-state index in [4.69, 9.17) is 4.74 Å². The zero-order valence-electron chi connectivity index (χ0n) is 13.4. The molecule has 0 unspecified atom stereocenters. The minimum atomic E-state index is -1.15. The van der Waals surface area contributed by atoms with Gasteiger partial charge in [-0.2, -0.15) is 0 Å². The number of methoxy groups -OCH3 is 1. The zero-order chi connectivity index (χ0) is 16.8. The van der Waals surface area contributed by atoms with Gasteiger partial charge in [0.1, 0.15) is 5.54 Å². The predicted molar refractivity (Wildman–Crippen MR) is 84.6 cm³/mol. The van der Waals surface area contributed by atoms with Crippen molar-refractivity contribution in [1.82, 2.24) is 10.2 Å². The van der Waals surface area contributed by atoms with Gasteiger partial charge in [-0.3, -0.25) is 24.6 Å². The first-order chi connectivity index (χ1) is 11.0. The lowest BCUT2D eigenvalue weighted by Gasteiger charge is -2.31. The summed E-state index contributed by atoms with van der Waals surface area (Å²) in [5, 5.41) is 5.21. The fourth-order valence-corrected chi connectivity index (χ4v) is 4.75. The van der Waals surface area contributed by atoms with Crippen LogP contribution in [0, 0.1) is 11.8 Å². The second-order valence-corrected chi connectivity index (χ2v) is 6.86. The van der Waals surface area contributed by atoms with Gasteiger partial charge in [0.2, 0.25) is 11.8 Å². The third kappa shape index (κ3) is 2.06. The van der Waals surface area contributed by atoms with Gasteiger partial charge in [-0.1, -0.05) is 13.0 Å². The van der Waals surface area contributed by atoms with Gasteiger partial charge in [-0.05, 0) is 24.8 Å². The summed E-state index contributed by atoms with van der Waals surface area (Å²) in [5.41, 5.74) is -1.15. The number of imide groups is 1. The standard InChI is InChI=1S/C16H20N2O4S/c1-4-16(15(21)22-3)11-10(13(19)18(5-2)14(11)20)12(17-16)9-7-6-8-23-9/h6-8,10-12,17H,4-5H2,1-3H3/t10-,11+,12-,16+/m0/s1. The van der Waals surface area contributed by atoms with E-state index in [2.05, 4.69) is 5.32 Å². The number of likely N-dealkylation sites (tertiary alicyclic amines) is 1. The van der Waals surface area contributed by atoms with Crippen LogP contribution in [-0.2, 0) is 19.1 Å². The number of ether oxygens (including phenoxy) is 1. The number of nitrogens with zero attached hydrogens (tertiary/aromatic N) is 1. The molecule has 1 N–H and O–H groups in total. The molecular weight excluding hydrogens is 316 g/mol. The molecule has 0 radical (unpaired) electrons. The van der Waals surface area contributed by atoms with Gasteiger partial charge < -0.3 is 4.74 Å². The largest absolute Gasteiger partial charge is 0.468 e. The van der Waals surface area contributed by atoms with E-state index in [1.807, 2.05) is 24.4 Å². The van der Waals surface area contributed by atoms with Crippen LogP contribution in [0.2, 0.25) is 0 Å². The molecule has 4 atom stereocenters. The molecule has 2 aliphatic heterocycles. The third-order valence-electron chi connectivity index (χ3n) is 5.02. The minimum absolute atomic E-state index is 0.201. The highest BCUT2D eigenvalue weighted by atomic mass is 32.1. The summed E-state index contributed by atoms with van der Waals surface area (Å²) in [6, 6.07) is 3.49. The lowest BCUT2D eigenvalue weighted by Crippen LogP contribution is -2.55. The molecule has 0 spiro atoms. The number of carbonyl (C=O) groups is 3. The Balaban J connectivity index is 2.13. The first-order valence-electron chi connectivity index (χ1n) is 7.76. The molecule has 2 amide bonds. The second-order valence-electron chi connectivity index (χ2n) is 5.88. The van der Waals surface area contributed by atoms with Crippen LogP contribution in [0.4, 0.5) is 0 Å². The number of carbonyl (C=O) groups excluding carboxylic acids is 3. The third-order valence-corrected chi connectivity index (χ3v) is 5.97. The van der Waals surface area contributed by atoms with Crippen LogP contribution in [0.25, 0.3) is 0 Å². The molecule has 1 aromatic heterocycles. The van der Waals surface area contributed by atoms with Crippen molar-refractivity contribution < 1.29 is 19.1 Å². The van der Waals surface area contributed by atoms with Gasteiger partial charge >= 0.3 is 5.97 Å². The molecule has 6 nitrogen and oxygen atoms in total. The van der Waals surface area contributed by atoms with Crippen LogP contribution in [0.3, 0.4) is 0 Å². The van der Waals surface area contributed by atoms with Crippen molar-refractivity contribution in [3.8, 4) is 0 Å². The van der Waals surface area contributed by atoms with Crippen LogP contribution in [-0.4, -0.2) is 41.9 Å². The fourth-order valence-electron chi connectivity index (χ4n) is 3.92. The van der Waals surface area contributed by atoms with E-state index < -0.39 is 23.3 Å². The summed E-state index contributed by atoms with van der Waals surface area (Å²) in [6.45, 7) is 3.93. The van der Waals surface area contributed by atoms with E-state index in [1.165, 1.54) is 23.3 Å². The Kier molecular flexibility index (Phi) is 4.01. The molecule has 0 saturated carbocycles. The van der Waals surface area contributed by atoms with Crippen molar-refractivity contribution >= 4 is 29.1 Å². The lowest BCUT2D eigenvalue weighted by molar-refractivity contribution is -0.154. The first kappa shape index (κ1) is 16.1. The van der Waals surface area contributed by atoms with Gasteiger partial charge in [0.25, 0.3) is 0 Å². The van der Waals surface area contributed by atoms with Crippen molar-refractivity contribution in [3.63, 3.8) is 0 Å². The molecule has 3 heterocycles. The number of hydrogen-bond donors (Lipinski definition) is 1. The highest BCUT2D eigenvalue weighted by Gasteiger charge is 2.67. The molecule has 2 fully saturated rings. The van der Waals surface area contributed by atoms with Gasteiger partial charge in [-0.15, -0.1) is 11.3 Å². The second kappa shape index (κ2) is 5.72. The number of rotatable bonds is 4. The summed E-state index contributed by atoms with van der Waals surface area (Å²) in [7, 11) is 1.31. The van der Waals surface area contributed by atoms with Crippen LogP contribution in [0.5, 0.6) is 0 Å². The van der Waals surface area contributed by atoms with E-state index in [1.54, 1.807) is 6.92 Å². The molecule has 23 heavy (non-hydrogen) atoms. The van der Waals surface area contributed by atoms with Crippen molar-refractivity contribution in [2.45, 2.75) is 31.8 Å². The fraction of sp³-hybridized carbons (Fsp3) is 0.562. The molecule has 1 aromatic rings. The summed E-state index contributed by atoms with van der Waals surface area (Å²) in [4.78, 5) is 40.3. The average Bonchev–Trinajstić information content (AvgIpc) is 3.24. The van der Waals surface area contributed by atoms with Crippen LogP contribution in [0.1, 0.15) is 31.2 Å². The highest BCUT2D eigenvalue weighted by Crippen LogP contribution is 2.50. The monoisotopic (exact) mass is 336 g/mol. The van der Waals surface area contributed by atoms with Crippen molar-refractivity contribution in [2.24, 2.45) is 11.8 Å². The molecule has 0 aromatic carbocycles. The Labute approximate surface area is 138 Å². The Hall–Kier alpha value is -1.73. The Morgan fingerprint density at radius 3 is 2.65 bits per heavy atom. The number of fused-ring (bicyclic) bond motifs is 1. The smallest absolute Gasteiger partial charge is 0.326 e. The molecule has 0 bridgehead atoms. The molecule has 2 aliphatic rings. The maximum absolute atomic E-state index is 12.8. The van der Waals surface area contributed by atoms with Crippen LogP contribution >= 0.6 is 11.3 Å². The van der Waals surface area contributed by atoms with E-state index in [-0.39, 0.29) is 17.9 Å². The number of nitrogens with one attached hydrogen (secondary N) is 1. The number of hydrogen-bond acceptors (Lipinski definition) is 6. The predicted octanol–water partition coefficient (Wildman–Crippen LogP) is 1.34. The van der Waals surface area contributed by atoms with Gasteiger partial charge in [0.15, 0.2) is 0 Å². The quantitative estimate of drug-likeness (QED) is 0.663. The summed E-state index contributed by atoms with van der Waals surface area (Å²) >= 11 is 1.52. The average molecular weight is 336 g/mol. The Bertz CT molecular complexity index is 645. The molecule has 2 saturated heterocycles.